The molecule has 0 fully saturated rings. The zero-order chi connectivity index (χ0) is 21.4. The van der Waals surface area contributed by atoms with E-state index in [0.717, 1.165) is 4.90 Å². The van der Waals surface area contributed by atoms with E-state index in [1.807, 2.05) is 21.1 Å². The third kappa shape index (κ3) is 11.9. The summed E-state index contributed by atoms with van der Waals surface area (Å²) in [7, 11) is 1.69. The van der Waals surface area contributed by atoms with Crippen LogP contribution in [0.1, 0.15) is 19.8 Å². The molecule has 0 saturated heterocycles. The molecular formula is C14H28N4O8P+. The van der Waals surface area contributed by atoms with E-state index in [2.05, 4.69) is 9.05 Å². The molecule has 2 atom stereocenters. The average molecular weight is 411 g/mol. The summed E-state index contributed by atoms with van der Waals surface area (Å²) in [5, 5.41) is 7.09. The van der Waals surface area contributed by atoms with Crippen LogP contribution >= 0.6 is 7.82 Å². The molecule has 4 N–H and O–H groups in total. The summed E-state index contributed by atoms with van der Waals surface area (Å²) in [6, 6.07) is 0. The maximum Gasteiger partial charge on any atom is 0.589 e. The highest BCUT2D eigenvalue weighted by atomic mass is 31.2. The second-order valence-electron chi connectivity index (χ2n) is 6.78. The lowest BCUT2D eigenvalue weighted by molar-refractivity contribution is -0.873. The highest BCUT2D eigenvalue weighted by Gasteiger charge is 2.34. The standard InChI is InChI=1S/C14H27N4O8P/c1-6-11(19)24-10(9-18(3,4)5)7-12(20)25-27(22,23)26-13(21)8-17(2)14(15)16/h10H,6-9H2,1-5H3,(H3-,15,16,22,23)/p+1/t10-/m1/s1. The number of carbonyl (C=O) groups is 3. The maximum atomic E-state index is 11.9. The van der Waals surface area contributed by atoms with E-state index in [1.165, 1.54) is 7.05 Å². The van der Waals surface area contributed by atoms with Crippen molar-refractivity contribution in [2.75, 3.05) is 41.3 Å². The van der Waals surface area contributed by atoms with Crippen molar-refractivity contribution in [1.82, 2.24) is 4.90 Å². The quantitative estimate of drug-likeness (QED) is 0.139. The first-order chi connectivity index (χ1) is 12.1. The number of nitrogens with two attached hydrogens (primary N) is 1. The predicted octanol–water partition coefficient (Wildman–Crippen LogP) is -0.583. The zero-order valence-electron chi connectivity index (χ0n) is 16.1. The summed E-state index contributed by atoms with van der Waals surface area (Å²) in [6.07, 6.45) is -1.27. The van der Waals surface area contributed by atoms with Crippen LogP contribution in [0, 0.1) is 5.41 Å². The second kappa shape index (κ2) is 10.2. The number of guanidine groups is 1. The number of hydrogen-bond acceptors (Lipinski definition) is 8. The summed E-state index contributed by atoms with van der Waals surface area (Å²) < 4.78 is 25.9. The number of phosphoric acid groups is 1. The van der Waals surface area contributed by atoms with Crippen molar-refractivity contribution in [2.45, 2.75) is 25.9 Å². The van der Waals surface area contributed by atoms with Crippen LogP contribution in [0.5, 0.6) is 0 Å². The van der Waals surface area contributed by atoms with Crippen molar-refractivity contribution in [3.05, 3.63) is 0 Å². The van der Waals surface area contributed by atoms with Crippen LogP contribution in [0.4, 0.5) is 0 Å². The Bertz CT molecular complexity index is 619. The first-order valence-electron chi connectivity index (χ1n) is 7.98. The minimum atomic E-state index is -5.02. The Hall–Kier alpha value is -2.17. The molecule has 0 radical (unpaired) electrons. The van der Waals surface area contributed by atoms with Crippen LogP contribution in [0.15, 0.2) is 0 Å². The predicted molar refractivity (Wildman–Crippen MR) is 94.2 cm³/mol. The lowest BCUT2D eigenvalue weighted by atomic mass is 10.2. The van der Waals surface area contributed by atoms with Crippen LogP contribution in [0.25, 0.3) is 0 Å². The van der Waals surface area contributed by atoms with Crippen molar-refractivity contribution in [3.8, 4) is 0 Å². The van der Waals surface area contributed by atoms with E-state index in [-0.39, 0.29) is 13.0 Å². The van der Waals surface area contributed by atoms with Crippen LogP contribution in [-0.2, 0) is 32.7 Å². The third-order valence-corrected chi connectivity index (χ3v) is 3.81. The van der Waals surface area contributed by atoms with E-state index in [0.29, 0.717) is 4.48 Å². The lowest BCUT2D eigenvalue weighted by Crippen LogP contribution is -2.43. The fourth-order valence-corrected chi connectivity index (χ4v) is 2.51. The Balaban J connectivity index is 4.84. The minimum Gasteiger partial charge on any atom is -0.456 e. The summed E-state index contributed by atoms with van der Waals surface area (Å²) >= 11 is 0. The molecule has 0 amide bonds. The van der Waals surface area contributed by atoms with Gasteiger partial charge in [0.25, 0.3) is 0 Å². The molecule has 0 aromatic rings. The second-order valence-corrected chi connectivity index (χ2v) is 8.08. The van der Waals surface area contributed by atoms with Crippen LogP contribution < -0.4 is 5.73 Å². The Labute approximate surface area is 157 Å². The molecule has 0 aliphatic rings. The minimum absolute atomic E-state index is 0.0997. The molecule has 156 valence electrons. The fraction of sp³-hybridized carbons (Fsp3) is 0.714. The normalized spacial score (nSPS) is 14.4. The molecule has 12 nitrogen and oxygen atoms in total. The molecule has 0 aromatic carbocycles. The van der Waals surface area contributed by atoms with Gasteiger partial charge in [0.2, 0.25) is 0 Å². The Morgan fingerprint density at radius 2 is 1.70 bits per heavy atom. The van der Waals surface area contributed by atoms with Gasteiger partial charge in [0.15, 0.2) is 12.1 Å². The van der Waals surface area contributed by atoms with E-state index < -0.39 is 50.8 Å². The van der Waals surface area contributed by atoms with Gasteiger partial charge in [-0.05, 0) is 0 Å². The molecule has 27 heavy (non-hydrogen) atoms. The van der Waals surface area contributed by atoms with Crippen LogP contribution in [0.3, 0.4) is 0 Å². The highest BCUT2D eigenvalue weighted by molar-refractivity contribution is 7.48. The largest absolute Gasteiger partial charge is 0.589 e. The molecule has 0 saturated carbocycles. The van der Waals surface area contributed by atoms with Gasteiger partial charge in [-0.1, -0.05) is 6.92 Å². The van der Waals surface area contributed by atoms with Crippen molar-refractivity contribution < 1.29 is 42.1 Å². The molecular weight excluding hydrogens is 383 g/mol. The Morgan fingerprint density at radius 3 is 2.15 bits per heavy atom. The van der Waals surface area contributed by atoms with Gasteiger partial charge < -0.3 is 28.9 Å². The summed E-state index contributed by atoms with van der Waals surface area (Å²) in [5.41, 5.74) is 5.13. The van der Waals surface area contributed by atoms with Gasteiger partial charge in [0.05, 0.1) is 27.6 Å². The lowest BCUT2D eigenvalue weighted by Gasteiger charge is -2.28. The molecule has 0 bridgehead atoms. The van der Waals surface area contributed by atoms with Gasteiger partial charge in [-0.15, -0.1) is 0 Å². The summed E-state index contributed by atoms with van der Waals surface area (Å²) in [5.74, 6) is -3.38. The molecule has 0 aliphatic carbocycles. The molecule has 1 unspecified atom stereocenters. The molecule has 0 rings (SSSR count). The van der Waals surface area contributed by atoms with Crippen LogP contribution in [0.2, 0.25) is 0 Å². The van der Waals surface area contributed by atoms with Gasteiger partial charge in [-0.25, -0.2) is 9.36 Å². The topological polar surface area (TPSA) is 169 Å². The van der Waals surface area contributed by atoms with E-state index in [1.54, 1.807) is 6.92 Å². The van der Waals surface area contributed by atoms with Gasteiger partial charge in [0.1, 0.15) is 13.1 Å². The highest BCUT2D eigenvalue weighted by Crippen LogP contribution is 2.43. The number of nitrogens with one attached hydrogen (secondary N) is 1. The maximum absolute atomic E-state index is 11.9. The molecule has 0 aliphatic heterocycles. The zero-order valence-corrected chi connectivity index (χ0v) is 17.0. The molecule has 0 heterocycles. The molecule has 0 aromatic heterocycles. The van der Waals surface area contributed by atoms with Crippen molar-refractivity contribution in [3.63, 3.8) is 0 Å². The van der Waals surface area contributed by atoms with Gasteiger partial charge in [-0.3, -0.25) is 19.9 Å². The van der Waals surface area contributed by atoms with Crippen LogP contribution in [-0.4, -0.2) is 85.5 Å². The number of esters is 1. The van der Waals surface area contributed by atoms with E-state index in [9.17, 15) is 23.8 Å². The Kier molecular flexibility index (Phi) is 9.42. The van der Waals surface area contributed by atoms with E-state index >= 15 is 0 Å². The van der Waals surface area contributed by atoms with Gasteiger partial charge >= 0.3 is 25.7 Å². The monoisotopic (exact) mass is 411 g/mol. The number of nitrogens with zero attached hydrogens (tertiary/aromatic N) is 2. The Morgan fingerprint density at radius 1 is 1.19 bits per heavy atom. The number of phosphoric ester groups is 1. The molecule has 13 heteroatoms. The smallest absolute Gasteiger partial charge is 0.456 e. The number of carbonyl (C=O) groups excluding carboxylic acids is 3. The van der Waals surface area contributed by atoms with E-state index in [4.69, 9.17) is 15.9 Å². The first kappa shape index (κ1) is 24.8. The number of rotatable bonds is 10. The summed E-state index contributed by atoms with van der Waals surface area (Å²) in [6.45, 7) is 1.25. The number of quaternary nitrogens is 1. The van der Waals surface area contributed by atoms with Crippen molar-refractivity contribution >= 4 is 31.7 Å². The van der Waals surface area contributed by atoms with Gasteiger partial charge in [-0.2, -0.15) is 0 Å². The number of ether oxygens (including phenoxy) is 1. The SMILES string of the molecule is CCC(=O)O[C@H](CC(=O)OP(=O)(O)OC(=O)CN(C)C(=N)N)C[N+](C)(C)C. The number of likely N-dealkylation sites (N-methyl/N-ethyl adjacent to an activating group) is 2. The third-order valence-electron chi connectivity index (χ3n) is 2.94. The molecule has 0 spiro atoms. The number of hydrogen-bond donors (Lipinski definition) is 3. The van der Waals surface area contributed by atoms with Gasteiger partial charge in [0, 0.05) is 13.5 Å². The average Bonchev–Trinajstić information content (AvgIpc) is 2.42. The van der Waals surface area contributed by atoms with Crippen molar-refractivity contribution in [1.29, 1.82) is 5.41 Å². The van der Waals surface area contributed by atoms with Crippen molar-refractivity contribution in [2.24, 2.45) is 5.73 Å². The first-order valence-corrected chi connectivity index (χ1v) is 9.47. The fourth-order valence-electron chi connectivity index (χ4n) is 1.83. The summed E-state index contributed by atoms with van der Waals surface area (Å²) in [4.78, 5) is 45.4.